The van der Waals surface area contributed by atoms with Crippen molar-refractivity contribution in [2.45, 2.75) is 12.8 Å². The topological polar surface area (TPSA) is 94.1 Å². The highest BCUT2D eigenvalue weighted by Gasteiger charge is 2.32. The molecule has 0 saturated heterocycles. The highest BCUT2D eigenvalue weighted by Crippen LogP contribution is 2.27. The first-order valence-electron chi connectivity index (χ1n) is 8.05. The molecule has 0 unspecified atom stereocenters. The highest BCUT2D eigenvalue weighted by atomic mass is 19.4. The van der Waals surface area contributed by atoms with Crippen LogP contribution in [0.1, 0.15) is 11.3 Å². The van der Waals surface area contributed by atoms with Crippen molar-refractivity contribution in [3.05, 3.63) is 59.8 Å². The fraction of sp³-hybridized carbons (Fsp3) is 0.176. The Hall–Kier alpha value is -3.70. The first kappa shape index (κ1) is 20.0. The molecular formula is C17H14F4N6O2. The van der Waals surface area contributed by atoms with Crippen molar-refractivity contribution in [1.29, 1.82) is 0 Å². The van der Waals surface area contributed by atoms with E-state index in [4.69, 9.17) is 9.47 Å². The predicted octanol–water partition coefficient (Wildman–Crippen LogP) is 3.45. The molecule has 0 fully saturated rings. The molecule has 0 saturated carbocycles. The molecule has 0 spiro atoms. The predicted molar refractivity (Wildman–Crippen MR) is 93.6 cm³/mol. The van der Waals surface area contributed by atoms with Gasteiger partial charge in [-0.2, -0.15) is 18.2 Å². The number of benzene rings is 1. The number of alkyl halides is 3. The summed E-state index contributed by atoms with van der Waals surface area (Å²) in [5.41, 5.74) is 4.17. The molecule has 152 valence electrons. The summed E-state index contributed by atoms with van der Waals surface area (Å²) in [5, 5.41) is 0. The molecular weight excluding hydrogens is 396 g/mol. The van der Waals surface area contributed by atoms with Gasteiger partial charge in [0.05, 0.1) is 13.3 Å². The standard InChI is InChI=1S/C17H14F4N6O2/c1-28-11-4-2-3-10(7-11)9-29-16-23-8-12(18)14(25-16)26-27-15-22-6-5-13(24-15)17(19,20)21/h2-8H,9H2,1H3,(H,22,24,27)(H,23,25,26). The van der Waals surface area contributed by atoms with Crippen LogP contribution in [0.15, 0.2) is 42.7 Å². The molecule has 3 aromatic rings. The third-order valence-electron chi connectivity index (χ3n) is 3.46. The third kappa shape index (κ3) is 5.40. The Morgan fingerprint density at radius 1 is 1.07 bits per heavy atom. The van der Waals surface area contributed by atoms with E-state index in [0.29, 0.717) is 11.8 Å². The molecule has 0 bridgehead atoms. The van der Waals surface area contributed by atoms with Gasteiger partial charge in [0.25, 0.3) is 0 Å². The molecule has 0 radical (unpaired) electrons. The van der Waals surface area contributed by atoms with Gasteiger partial charge in [0, 0.05) is 6.20 Å². The second-order valence-electron chi connectivity index (χ2n) is 5.50. The zero-order valence-corrected chi connectivity index (χ0v) is 14.9. The number of ether oxygens (including phenoxy) is 2. The number of methoxy groups -OCH3 is 1. The maximum atomic E-state index is 13.9. The van der Waals surface area contributed by atoms with Crippen molar-refractivity contribution in [3.8, 4) is 11.8 Å². The molecule has 2 N–H and O–H groups in total. The Bertz CT molecular complexity index is 986. The number of hydrazine groups is 1. The quantitative estimate of drug-likeness (QED) is 0.452. The summed E-state index contributed by atoms with van der Waals surface area (Å²) in [4.78, 5) is 14.4. The number of nitrogens with zero attached hydrogens (tertiary/aromatic N) is 4. The van der Waals surface area contributed by atoms with E-state index in [1.54, 1.807) is 24.3 Å². The largest absolute Gasteiger partial charge is 0.497 e. The Labute approximate surface area is 161 Å². The lowest BCUT2D eigenvalue weighted by Crippen LogP contribution is -2.17. The van der Waals surface area contributed by atoms with Gasteiger partial charge < -0.3 is 9.47 Å². The van der Waals surface area contributed by atoms with Crippen LogP contribution in [-0.4, -0.2) is 27.0 Å². The minimum Gasteiger partial charge on any atom is -0.497 e. The summed E-state index contributed by atoms with van der Waals surface area (Å²) >= 11 is 0. The Kier molecular flexibility index (Phi) is 5.90. The van der Waals surface area contributed by atoms with Crippen LogP contribution < -0.4 is 20.3 Å². The Balaban J connectivity index is 1.66. The molecule has 3 rings (SSSR count). The Morgan fingerprint density at radius 3 is 2.66 bits per heavy atom. The first-order chi connectivity index (χ1) is 13.8. The van der Waals surface area contributed by atoms with Crippen LogP contribution in [0.25, 0.3) is 0 Å². The van der Waals surface area contributed by atoms with Crippen molar-refractivity contribution < 1.29 is 27.0 Å². The lowest BCUT2D eigenvalue weighted by Gasteiger charge is -2.11. The molecule has 0 aliphatic carbocycles. The minimum absolute atomic E-state index is 0.0897. The summed E-state index contributed by atoms with van der Waals surface area (Å²) in [6, 6.07) is 7.63. The molecule has 2 heterocycles. The summed E-state index contributed by atoms with van der Waals surface area (Å²) in [5.74, 6) is -1.00. The van der Waals surface area contributed by atoms with Gasteiger partial charge in [-0.3, -0.25) is 10.9 Å². The summed E-state index contributed by atoms with van der Waals surface area (Å²) < 4.78 is 62.4. The van der Waals surface area contributed by atoms with Gasteiger partial charge in [0.15, 0.2) is 11.6 Å². The van der Waals surface area contributed by atoms with Crippen LogP contribution in [0.4, 0.5) is 29.3 Å². The van der Waals surface area contributed by atoms with Crippen molar-refractivity contribution >= 4 is 11.8 Å². The highest BCUT2D eigenvalue weighted by molar-refractivity contribution is 5.42. The fourth-order valence-electron chi connectivity index (χ4n) is 2.11. The Morgan fingerprint density at radius 2 is 1.90 bits per heavy atom. The van der Waals surface area contributed by atoms with Crippen LogP contribution >= 0.6 is 0 Å². The number of rotatable bonds is 7. The van der Waals surface area contributed by atoms with E-state index in [2.05, 4.69) is 30.8 Å². The SMILES string of the molecule is COc1cccc(COc2ncc(F)c(NNc3nccc(C(F)(F)F)n3)n2)c1. The zero-order valence-electron chi connectivity index (χ0n) is 14.9. The van der Waals surface area contributed by atoms with E-state index in [9.17, 15) is 17.6 Å². The summed E-state index contributed by atoms with van der Waals surface area (Å²) in [7, 11) is 1.53. The average Bonchev–Trinajstić information content (AvgIpc) is 2.72. The normalized spacial score (nSPS) is 11.1. The van der Waals surface area contributed by atoms with Crippen LogP contribution in [0.2, 0.25) is 0 Å². The minimum atomic E-state index is -4.64. The van der Waals surface area contributed by atoms with E-state index < -0.39 is 23.6 Å². The van der Waals surface area contributed by atoms with Gasteiger partial charge in [-0.1, -0.05) is 12.1 Å². The van der Waals surface area contributed by atoms with Gasteiger partial charge in [-0.25, -0.2) is 19.3 Å². The first-order valence-corrected chi connectivity index (χ1v) is 8.05. The maximum absolute atomic E-state index is 13.9. The molecule has 1 aromatic carbocycles. The van der Waals surface area contributed by atoms with E-state index in [0.717, 1.165) is 18.0 Å². The number of hydrogen-bond donors (Lipinski definition) is 2. The van der Waals surface area contributed by atoms with Gasteiger partial charge in [0.2, 0.25) is 5.95 Å². The number of hydrogen-bond acceptors (Lipinski definition) is 8. The van der Waals surface area contributed by atoms with Crippen LogP contribution in [0.3, 0.4) is 0 Å². The molecule has 0 atom stereocenters. The van der Waals surface area contributed by atoms with Crippen LogP contribution in [0, 0.1) is 5.82 Å². The summed E-state index contributed by atoms with van der Waals surface area (Å²) in [6.07, 6.45) is -2.87. The van der Waals surface area contributed by atoms with Crippen molar-refractivity contribution in [2.75, 3.05) is 18.0 Å². The molecule has 2 aromatic heterocycles. The number of halogens is 4. The molecule has 12 heteroatoms. The van der Waals surface area contributed by atoms with E-state index >= 15 is 0 Å². The average molecular weight is 410 g/mol. The lowest BCUT2D eigenvalue weighted by molar-refractivity contribution is -0.141. The van der Waals surface area contributed by atoms with Crippen molar-refractivity contribution in [1.82, 2.24) is 19.9 Å². The number of nitrogens with one attached hydrogen (secondary N) is 2. The van der Waals surface area contributed by atoms with E-state index in [1.807, 2.05) is 0 Å². The number of anilines is 2. The summed E-state index contributed by atoms with van der Waals surface area (Å²) in [6.45, 7) is 0.0897. The molecule has 0 aliphatic heterocycles. The second-order valence-corrected chi connectivity index (χ2v) is 5.50. The van der Waals surface area contributed by atoms with Crippen LogP contribution in [0.5, 0.6) is 11.8 Å². The molecule has 0 amide bonds. The van der Waals surface area contributed by atoms with Crippen LogP contribution in [-0.2, 0) is 12.8 Å². The monoisotopic (exact) mass is 410 g/mol. The second kappa shape index (κ2) is 8.54. The molecule has 8 nitrogen and oxygen atoms in total. The van der Waals surface area contributed by atoms with Gasteiger partial charge in [0.1, 0.15) is 18.1 Å². The van der Waals surface area contributed by atoms with Crippen molar-refractivity contribution in [3.63, 3.8) is 0 Å². The van der Waals surface area contributed by atoms with Gasteiger partial charge in [-0.15, -0.1) is 0 Å². The zero-order chi connectivity index (χ0) is 20.9. The van der Waals surface area contributed by atoms with Gasteiger partial charge in [-0.05, 0) is 23.8 Å². The molecule has 29 heavy (non-hydrogen) atoms. The maximum Gasteiger partial charge on any atom is 0.433 e. The number of aromatic nitrogens is 4. The van der Waals surface area contributed by atoms with E-state index in [1.165, 1.54) is 7.11 Å². The third-order valence-corrected chi connectivity index (χ3v) is 3.46. The lowest BCUT2D eigenvalue weighted by atomic mass is 10.2. The fourth-order valence-corrected chi connectivity index (χ4v) is 2.11. The smallest absolute Gasteiger partial charge is 0.433 e. The van der Waals surface area contributed by atoms with E-state index in [-0.39, 0.29) is 18.4 Å². The molecule has 0 aliphatic rings. The van der Waals surface area contributed by atoms with Gasteiger partial charge >= 0.3 is 12.2 Å². The van der Waals surface area contributed by atoms with Crippen molar-refractivity contribution in [2.24, 2.45) is 0 Å².